The van der Waals surface area contributed by atoms with Gasteiger partial charge in [-0.15, -0.1) is 0 Å². The van der Waals surface area contributed by atoms with E-state index in [1.807, 2.05) is 11.0 Å². The Bertz CT molecular complexity index is 445. The minimum absolute atomic E-state index is 0.140. The predicted octanol–water partition coefficient (Wildman–Crippen LogP) is 2.05. The molecule has 1 aromatic rings. The minimum atomic E-state index is 0.140. The summed E-state index contributed by atoms with van der Waals surface area (Å²) in [6.07, 6.45) is 0. The first-order chi connectivity index (χ1) is 8.56. The standard InChI is InChI=1S/C12H15Cl2N3O/c1-9(18)17-6-4-16(5-7-17)8-10-2-3-11(13)15-12(10)14/h2-3H,4-8H2,1H3. The van der Waals surface area contributed by atoms with E-state index in [2.05, 4.69) is 9.88 Å². The highest BCUT2D eigenvalue weighted by Gasteiger charge is 2.19. The van der Waals surface area contributed by atoms with E-state index in [1.165, 1.54) is 0 Å². The molecule has 6 heteroatoms. The Kier molecular flexibility index (Phi) is 4.43. The number of carbonyl (C=O) groups is 1. The first-order valence-electron chi connectivity index (χ1n) is 5.85. The highest BCUT2D eigenvalue weighted by molar-refractivity contribution is 6.32. The van der Waals surface area contributed by atoms with Crippen LogP contribution in [0.2, 0.25) is 10.3 Å². The molecule has 1 aliphatic rings. The van der Waals surface area contributed by atoms with E-state index in [0.717, 1.165) is 38.3 Å². The quantitative estimate of drug-likeness (QED) is 0.782. The fraction of sp³-hybridized carbons (Fsp3) is 0.500. The Morgan fingerprint density at radius 1 is 1.28 bits per heavy atom. The topological polar surface area (TPSA) is 36.4 Å². The summed E-state index contributed by atoms with van der Waals surface area (Å²) in [7, 11) is 0. The monoisotopic (exact) mass is 287 g/mol. The molecule has 0 N–H and O–H groups in total. The van der Waals surface area contributed by atoms with Gasteiger partial charge in [-0.2, -0.15) is 0 Å². The Balaban J connectivity index is 1.93. The molecule has 98 valence electrons. The van der Waals surface area contributed by atoms with Crippen LogP contribution in [0.15, 0.2) is 12.1 Å². The number of rotatable bonds is 2. The maximum absolute atomic E-state index is 11.2. The molecule has 1 fully saturated rings. The number of halogens is 2. The number of nitrogens with zero attached hydrogens (tertiary/aromatic N) is 3. The maximum atomic E-state index is 11.2. The molecule has 0 bridgehead atoms. The van der Waals surface area contributed by atoms with Crippen molar-refractivity contribution in [3.63, 3.8) is 0 Å². The van der Waals surface area contributed by atoms with Gasteiger partial charge in [0, 0.05) is 45.2 Å². The van der Waals surface area contributed by atoms with Crippen molar-refractivity contribution in [3.8, 4) is 0 Å². The number of aromatic nitrogens is 1. The maximum Gasteiger partial charge on any atom is 0.219 e. The average Bonchev–Trinajstić information content (AvgIpc) is 2.33. The Morgan fingerprint density at radius 3 is 2.50 bits per heavy atom. The number of pyridine rings is 1. The fourth-order valence-corrected chi connectivity index (χ4v) is 2.43. The lowest BCUT2D eigenvalue weighted by Crippen LogP contribution is -2.47. The molecular weight excluding hydrogens is 273 g/mol. The van der Waals surface area contributed by atoms with Crippen LogP contribution in [0.5, 0.6) is 0 Å². The van der Waals surface area contributed by atoms with Crippen LogP contribution in [0, 0.1) is 0 Å². The molecule has 18 heavy (non-hydrogen) atoms. The van der Waals surface area contributed by atoms with Crippen LogP contribution in [0.1, 0.15) is 12.5 Å². The van der Waals surface area contributed by atoms with Crippen molar-refractivity contribution in [1.82, 2.24) is 14.8 Å². The second-order valence-corrected chi connectivity index (χ2v) is 5.11. The molecule has 2 heterocycles. The smallest absolute Gasteiger partial charge is 0.219 e. The molecule has 1 amide bonds. The number of carbonyl (C=O) groups excluding carboxylic acids is 1. The van der Waals surface area contributed by atoms with E-state index >= 15 is 0 Å². The summed E-state index contributed by atoms with van der Waals surface area (Å²) in [5.41, 5.74) is 0.970. The van der Waals surface area contributed by atoms with Crippen LogP contribution < -0.4 is 0 Å². The van der Waals surface area contributed by atoms with Crippen molar-refractivity contribution in [2.24, 2.45) is 0 Å². The van der Waals surface area contributed by atoms with Gasteiger partial charge in [-0.25, -0.2) is 4.98 Å². The van der Waals surface area contributed by atoms with Crippen molar-refractivity contribution in [2.75, 3.05) is 26.2 Å². The van der Waals surface area contributed by atoms with Gasteiger partial charge in [0.05, 0.1) is 0 Å². The van der Waals surface area contributed by atoms with Gasteiger partial charge in [0.25, 0.3) is 0 Å². The van der Waals surface area contributed by atoms with Crippen LogP contribution >= 0.6 is 23.2 Å². The lowest BCUT2D eigenvalue weighted by atomic mass is 10.2. The van der Waals surface area contributed by atoms with Gasteiger partial charge in [-0.1, -0.05) is 29.3 Å². The molecule has 1 aromatic heterocycles. The third-order valence-electron chi connectivity index (χ3n) is 3.10. The van der Waals surface area contributed by atoms with Crippen molar-refractivity contribution in [1.29, 1.82) is 0 Å². The molecule has 0 aromatic carbocycles. The highest BCUT2D eigenvalue weighted by Crippen LogP contribution is 2.19. The van der Waals surface area contributed by atoms with Crippen molar-refractivity contribution < 1.29 is 4.79 Å². The van der Waals surface area contributed by atoms with Crippen molar-refractivity contribution >= 4 is 29.1 Å². The molecule has 0 spiro atoms. The molecule has 0 radical (unpaired) electrons. The molecule has 4 nitrogen and oxygen atoms in total. The largest absolute Gasteiger partial charge is 0.340 e. The lowest BCUT2D eigenvalue weighted by molar-refractivity contribution is -0.130. The molecule has 0 unspecified atom stereocenters. The minimum Gasteiger partial charge on any atom is -0.340 e. The first-order valence-corrected chi connectivity index (χ1v) is 6.60. The molecule has 0 aliphatic carbocycles. The molecule has 0 saturated carbocycles. The van der Waals surface area contributed by atoms with Gasteiger partial charge < -0.3 is 4.90 Å². The predicted molar refractivity (Wildman–Crippen MR) is 71.8 cm³/mol. The molecule has 0 atom stereocenters. The zero-order valence-corrected chi connectivity index (χ0v) is 11.7. The van der Waals surface area contributed by atoms with E-state index in [1.54, 1.807) is 13.0 Å². The molecule has 1 saturated heterocycles. The Hall–Kier alpha value is -0.840. The fourth-order valence-electron chi connectivity index (χ4n) is 2.02. The van der Waals surface area contributed by atoms with Crippen LogP contribution in [0.3, 0.4) is 0 Å². The van der Waals surface area contributed by atoms with E-state index < -0.39 is 0 Å². The average molecular weight is 288 g/mol. The number of piperazine rings is 1. The van der Waals surface area contributed by atoms with E-state index in [-0.39, 0.29) is 5.91 Å². The van der Waals surface area contributed by atoms with Crippen LogP contribution in [-0.4, -0.2) is 46.9 Å². The van der Waals surface area contributed by atoms with Crippen molar-refractivity contribution in [3.05, 3.63) is 28.0 Å². The molecular formula is C12H15Cl2N3O. The van der Waals surface area contributed by atoms with Gasteiger partial charge in [0.15, 0.2) is 0 Å². The number of hydrogen-bond acceptors (Lipinski definition) is 3. The van der Waals surface area contributed by atoms with Gasteiger partial charge in [-0.05, 0) is 6.07 Å². The third-order valence-corrected chi connectivity index (χ3v) is 3.64. The third kappa shape index (κ3) is 3.34. The van der Waals surface area contributed by atoms with E-state index in [4.69, 9.17) is 23.2 Å². The summed E-state index contributed by atoms with van der Waals surface area (Å²) in [5, 5.41) is 0.863. The highest BCUT2D eigenvalue weighted by atomic mass is 35.5. The van der Waals surface area contributed by atoms with Crippen LogP contribution in [0.25, 0.3) is 0 Å². The van der Waals surface area contributed by atoms with Gasteiger partial charge in [0.1, 0.15) is 10.3 Å². The summed E-state index contributed by atoms with van der Waals surface area (Å²) in [6, 6.07) is 3.64. The summed E-state index contributed by atoms with van der Waals surface area (Å²) in [5.74, 6) is 0.140. The van der Waals surface area contributed by atoms with Crippen LogP contribution in [-0.2, 0) is 11.3 Å². The van der Waals surface area contributed by atoms with Gasteiger partial charge in [0.2, 0.25) is 5.91 Å². The van der Waals surface area contributed by atoms with E-state index in [9.17, 15) is 4.79 Å². The zero-order chi connectivity index (χ0) is 13.1. The Morgan fingerprint density at radius 2 is 1.94 bits per heavy atom. The molecule has 1 aliphatic heterocycles. The lowest BCUT2D eigenvalue weighted by Gasteiger charge is -2.34. The summed E-state index contributed by atoms with van der Waals surface area (Å²) in [6.45, 7) is 5.61. The van der Waals surface area contributed by atoms with Crippen LogP contribution in [0.4, 0.5) is 0 Å². The summed E-state index contributed by atoms with van der Waals surface area (Å²) >= 11 is 11.8. The zero-order valence-electron chi connectivity index (χ0n) is 10.2. The summed E-state index contributed by atoms with van der Waals surface area (Å²) < 4.78 is 0. The van der Waals surface area contributed by atoms with Crippen molar-refractivity contribution in [2.45, 2.75) is 13.5 Å². The Labute approximate surface area is 116 Å². The second-order valence-electron chi connectivity index (χ2n) is 4.37. The van der Waals surface area contributed by atoms with E-state index in [0.29, 0.717) is 10.3 Å². The first kappa shape index (κ1) is 13.6. The molecule has 2 rings (SSSR count). The normalized spacial score (nSPS) is 16.9. The second kappa shape index (κ2) is 5.87. The van der Waals surface area contributed by atoms with Gasteiger partial charge >= 0.3 is 0 Å². The number of amides is 1. The SMILES string of the molecule is CC(=O)N1CCN(Cc2ccc(Cl)nc2Cl)CC1. The summed E-state index contributed by atoms with van der Waals surface area (Å²) in [4.78, 5) is 19.4. The van der Waals surface area contributed by atoms with Gasteiger partial charge in [-0.3, -0.25) is 9.69 Å². The number of hydrogen-bond donors (Lipinski definition) is 0.